The van der Waals surface area contributed by atoms with E-state index in [-0.39, 0.29) is 11.7 Å². The molecule has 0 spiro atoms. The average Bonchev–Trinajstić information content (AvgIpc) is 2.53. The van der Waals surface area contributed by atoms with E-state index in [4.69, 9.17) is 14.2 Å². The van der Waals surface area contributed by atoms with Gasteiger partial charge >= 0.3 is 0 Å². The van der Waals surface area contributed by atoms with Gasteiger partial charge in [0.1, 0.15) is 0 Å². The van der Waals surface area contributed by atoms with E-state index in [1.165, 1.54) is 0 Å². The van der Waals surface area contributed by atoms with Crippen LogP contribution in [0.25, 0.3) is 0 Å². The molecular formula is C17H24O4. The van der Waals surface area contributed by atoms with Crippen LogP contribution in [0, 0.1) is 11.8 Å². The number of hydrogen-bond acceptors (Lipinski definition) is 4. The molecule has 0 N–H and O–H groups in total. The van der Waals surface area contributed by atoms with Crippen molar-refractivity contribution in [1.82, 2.24) is 0 Å². The molecular weight excluding hydrogens is 268 g/mol. The summed E-state index contributed by atoms with van der Waals surface area (Å²) in [6.07, 6.45) is 4.19. The highest BCUT2D eigenvalue weighted by Gasteiger charge is 2.27. The van der Waals surface area contributed by atoms with Crippen molar-refractivity contribution in [3.63, 3.8) is 0 Å². The van der Waals surface area contributed by atoms with Gasteiger partial charge in [0.25, 0.3) is 0 Å². The van der Waals surface area contributed by atoms with Crippen molar-refractivity contribution in [1.29, 1.82) is 0 Å². The van der Waals surface area contributed by atoms with Crippen LogP contribution >= 0.6 is 0 Å². The average molecular weight is 292 g/mol. The van der Waals surface area contributed by atoms with E-state index < -0.39 is 0 Å². The van der Waals surface area contributed by atoms with Gasteiger partial charge in [-0.2, -0.15) is 0 Å². The van der Waals surface area contributed by atoms with Crippen molar-refractivity contribution in [2.24, 2.45) is 11.8 Å². The van der Waals surface area contributed by atoms with Crippen LogP contribution in [0.4, 0.5) is 0 Å². The van der Waals surface area contributed by atoms with E-state index in [0.717, 1.165) is 31.6 Å². The molecule has 1 saturated carbocycles. The maximum Gasteiger partial charge on any atom is 0.203 e. The first kappa shape index (κ1) is 15.7. The molecule has 1 aromatic carbocycles. The van der Waals surface area contributed by atoms with Gasteiger partial charge in [-0.05, 0) is 30.9 Å². The number of ketones is 1. The monoisotopic (exact) mass is 292 g/mol. The topological polar surface area (TPSA) is 44.8 Å². The van der Waals surface area contributed by atoms with E-state index in [1.807, 2.05) is 0 Å². The number of carbonyl (C=O) groups is 1. The minimum Gasteiger partial charge on any atom is -0.493 e. The fourth-order valence-corrected chi connectivity index (χ4v) is 2.98. The third kappa shape index (κ3) is 3.31. The van der Waals surface area contributed by atoms with Gasteiger partial charge in [0.2, 0.25) is 5.75 Å². The second-order valence-electron chi connectivity index (χ2n) is 5.74. The van der Waals surface area contributed by atoms with E-state index in [0.29, 0.717) is 22.8 Å². The highest BCUT2D eigenvalue weighted by molar-refractivity contribution is 5.99. The van der Waals surface area contributed by atoms with Gasteiger partial charge in [-0.15, -0.1) is 0 Å². The van der Waals surface area contributed by atoms with Gasteiger partial charge in [-0.3, -0.25) is 4.79 Å². The molecule has 2 rings (SSSR count). The Bertz CT molecular complexity index is 477. The summed E-state index contributed by atoms with van der Waals surface area (Å²) in [5.74, 6) is 2.61. The molecule has 4 nitrogen and oxygen atoms in total. The predicted molar refractivity (Wildman–Crippen MR) is 81.6 cm³/mol. The van der Waals surface area contributed by atoms with Gasteiger partial charge in [-0.1, -0.05) is 19.8 Å². The summed E-state index contributed by atoms with van der Waals surface area (Å²) in [6, 6.07) is 3.50. The first-order valence-electron chi connectivity index (χ1n) is 7.44. The third-order valence-corrected chi connectivity index (χ3v) is 4.34. The molecule has 0 atom stereocenters. The van der Waals surface area contributed by atoms with Crippen LogP contribution in [0.5, 0.6) is 17.2 Å². The largest absolute Gasteiger partial charge is 0.493 e. The first-order chi connectivity index (χ1) is 10.1. The minimum atomic E-state index is 0.115. The molecule has 1 aliphatic rings. The van der Waals surface area contributed by atoms with E-state index >= 15 is 0 Å². The maximum atomic E-state index is 12.7. The number of ether oxygens (including phenoxy) is 3. The molecule has 0 heterocycles. The molecule has 0 aromatic heterocycles. The minimum absolute atomic E-state index is 0.115. The number of rotatable bonds is 5. The summed E-state index contributed by atoms with van der Waals surface area (Å²) in [5, 5.41) is 0. The number of hydrogen-bond donors (Lipinski definition) is 0. The van der Waals surface area contributed by atoms with Crippen LogP contribution in [-0.4, -0.2) is 27.1 Å². The summed E-state index contributed by atoms with van der Waals surface area (Å²) in [7, 11) is 4.69. The van der Waals surface area contributed by atoms with Crippen LogP contribution in [0.3, 0.4) is 0 Å². The fraction of sp³-hybridized carbons (Fsp3) is 0.588. The summed E-state index contributed by atoms with van der Waals surface area (Å²) in [6.45, 7) is 2.25. The van der Waals surface area contributed by atoms with Crippen molar-refractivity contribution in [3.8, 4) is 17.2 Å². The summed E-state index contributed by atoms with van der Waals surface area (Å²) in [4.78, 5) is 12.7. The van der Waals surface area contributed by atoms with E-state index in [2.05, 4.69) is 6.92 Å². The maximum absolute atomic E-state index is 12.7. The quantitative estimate of drug-likeness (QED) is 0.776. The second kappa shape index (κ2) is 6.83. The van der Waals surface area contributed by atoms with E-state index in [9.17, 15) is 4.79 Å². The van der Waals surface area contributed by atoms with Crippen LogP contribution in [0.15, 0.2) is 12.1 Å². The SMILES string of the molecule is COc1cc(C(=O)C2CCC(C)CC2)cc(OC)c1OC. The Kier molecular flexibility index (Phi) is 5.10. The van der Waals surface area contributed by atoms with Gasteiger partial charge in [-0.25, -0.2) is 0 Å². The Balaban J connectivity index is 2.28. The molecule has 1 fully saturated rings. The number of methoxy groups -OCH3 is 3. The Morgan fingerprint density at radius 1 is 0.952 bits per heavy atom. The molecule has 0 unspecified atom stereocenters. The molecule has 21 heavy (non-hydrogen) atoms. The van der Waals surface area contributed by atoms with Gasteiger partial charge in [0, 0.05) is 11.5 Å². The lowest BCUT2D eigenvalue weighted by molar-refractivity contribution is 0.0875. The fourth-order valence-electron chi connectivity index (χ4n) is 2.98. The molecule has 1 aromatic rings. The molecule has 0 amide bonds. The Labute approximate surface area is 126 Å². The zero-order valence-corrected chi connectivity index (χ0v) is 13.3. The number of benzene rings is 1. The number of Topliss-reactive ketones (excluding diaryl/α,β-unsaturated/α-hetero) is 1. The molecule has 0 bridgehead atoms. The Hall–Kier alpha value is -1.71. The van der Waals surface area contributed by atoms with Crippen LogP contribution in [0.1, 0.15) is 43.0 Å². The van der Waals surface area contributed by atoms with Gasteiger partial charge in [0.15, 0.2) is 17.3 Å². The first-order valence-corrected chi connectivity index (χ1v) is 7.44. The van der Waals surface area contributed by atoms with Gasteiger partial charge in [0.05, 0.1) is 21.3 Å². The second-order valence-corrected chi connectivity index (χ2v) is 5.74. The predicted octanol–water partition coefficient (Wildman–Crippen LogP) is 3.72. The Morgan fingerprint density at radius 3 is 1.90 bits per heavy atom. The molecule has 1 aliphatic carbocycles. The Morgan fingerprint density at radius 2 is 1.48 bits per heavy atom. The van der Waals surface area contributed by atoms with Crippen molar-refractivity contribution in [2.45, 2.75) is 32.6 Å². The lowest BCUT2D eigenvalue weighted by Crippen LogP contribution is -2.21. The highest BCUT2D eigenvalue weighted by Crippen LogP contribution is 2.40. The highest BCUT2D eigenvalue weighted by atomic mass is 16.5. The van der Waals surface area contributed by atoms with Crippen LogP contribution in [-0.2, 0) is 0 Å². The lowest BCUT2D eigenvalue weighted by atomic mass is 9.79. The standard InChI is InChI=1S/C17H24O4/c1-11-5-7-12(8-6-11)16(18)13-9-14(19-2)17(21-4)15(10-13)20-3/h9-12H,5-8H2,1-4H3. The van der Waals surface area contributed by atoms with Crippen molar-refractivity contribution in [2.75, 3.05) is 21.3 Å². The zero-order chi connectivity index (χ0) is 15.4. The summed E-state index contributed by atoms with van der Waals surface area (Å²) in [5.41, 5.74) is 0.643. The van der Waals surface area contributed by atoms with Crippen molar-refractivity contribution in [3.05, 3.63) is 17.7 Å². The molecule has 0 aliphatic heterocycles. The number of carbonyl (C=O) groups excluding carboxylic acids is 1. The molecule has 0 saturated heterocycles. The normalized spacial score (nSPS) is 21.7. The van der Waals surface area contributed by atoms with Crippen molar-refractivity contribution >= 4 is 5.78 Å². The summed E-state index contributed by atoms with van der Waals surface area (Å²) >= 11 is 0. The van der Waals surface area contributed by atoms with Crippen molar-refractivity contribution < 1.29 is 19.0 Å². The van der Waals surface area contributed by atoms with Crippen LogP contribution in [0.2, 0.25) is 0 Å². The molecule has 4 heteroatoms. The van der Waals surface area contributed by atoms with E-state index in [1.54, 1.807) is 33.5 Å². The third-order valence-electron chi connectivity index (χ3n) is 4.34. The summed E-state index contributed by atoms with van der Waals surface area (Å²) < 4.78 is 15.9. The smallest absolute Gasteiger partial charge is 0.203 e. The van der Waals surface area contributed by atoms with Crippen LogP contribution < -0.4 is 14.2 Å². The van der Waals surface area contributed by atoms with Gasteiger partial charge < -0.3 is 14.2 Å². The lowest BCUT2D eigenvalue weighted by Gasteiger charge is -2.25. The molecule has 0 radical (unpaired) electrons. The zero-order valence-electron chi connectivity index (χ0n) is 13.3. The molecule has 116 valence electrons.